The van der Waals surface area contributed by atoms with E-state index in [9.17, 15) is 17.6 Å². The molecule has 0 saturated carbocycles. The van der Waals surface area contributed by atoms with Gasteiger partial charge in [0.25, 0.3) is 0 Å². The predicted molar refractivity (Wildman–Crippen MR) is 89.6 cm³/mol. The molecule has 0 amide bonds. The van der Waals surface area contributed by atoms with E-state index in [2.05, 4.69) is 0 Å². The second kappa shape index (κ2) is 8.55. The molecule has 0 heterocycles. The first kappa shape index (κ1) is 20.5. The lowest BCUT2D eigenvalue weighted by Gasteiger charge is -2.21. The molecule has 1 atom stereocenters. The fourth-order valence-electron chi connectivity index (χ4n) is 2.01. The van der Waals surface area contributed by atoms with E-state index in [-0.39, 0.29) is 35.6 Å². The number of benzene rings is 1. The van der Waals surface area contributed by atoms with Crippen molar-refractivity contribution in [3.05, 3.63) is 29.6 Å². The number of nitrogens with two attached hydrogens (primary N) is 1. The van der Waals surface area contributed by atoms with E-state index in [1.165, 1.54) is 7.05 Å². The molecule has 0 radical (unpaired) electrons. The Hall–Kier alpha value is -1.51. The van der Waals surface area contributed by atoms with Crippen molar-refractivity contribution >= 4 is 16.0 Å². The van der Waals surface area contributed by atoms with Gasteiger partial charge in [-0.2, -0.15) is 0 Å². The smallest absolute Gasteiger partial charge is 0.338 e. The maximum atomic E-state index is 13.7. The third-order valence-electron chi connectivity index (χ3n) is 3.72. The number of hydrogen-bond acceptors (Lipinski definition) is 5. The summed E-state index contributed by atoms with van der Waals surface area (Å²) in [4.78, 5) is 11.4. The SMILES string of the molecule is CCOC(=O)c1cc(F)cc(S(=O)(=O)N(C)CCC(N)C(C)C)c1. The summed E-state index contributed by atoms with van der Waals surface area (Å²) < 4.78 is 44.8. The number of sulfonamides is 1. The maximum Gasteiger partial charge on any atom is 0.338 e. The summed E-state index contributed by atoms with van der Waals surface area (Å²) in [6.45, 7) is 5.84. The van der Waals surface area contributed by atoms with E-state index in [1.54, 1.807) is 6.92 Å². The third-order valence-corrected chi connectivity index (χ3v) is 5.56. The minimum atomic E-state index is -3.92. The molecule has 0 spiro atoms. The van der Waals surface area contributed by atoms with E-state index in [0.717, 1.165) is 22.5 Å². The lowest BCUT2D eigenvalue weighted by atomic mass is 10.0. The Labute approximate surface area is 142 Å². The molecule has 0 fully saturated rings. The fourth-order valence-corrected chi connectivity index (χ4v) is 3.25. The number of carbonyl (C=O) groups excluding carboxylic acids is 1. The van der Waals surface area contributed by atoms with Gasteiger partial charge in [0.05, 0.1) is 17.1 Å². The molecule has 1 rings (SSSR count). The molecule has 0 aliphatic heterocycles. The van der Waals surface area contributed by atoms with Crippen molar-refractivity contribution in [2.75, 3.05) is 20.2 Å². The highest BCUT2D eigenvalue weighted by Gasteiger charge is 2.24. The van der Waals surface area contributed by atoms with Gasteiger partial charge in [-0.1, -0.05) is 13.8 Å². The molecule has 136 valence electrons. The van der Waals surface area contributed by atoms with Gasteiger partial charge < -0.3 is 10.5 Å². The average molecular weight is 360 g/mol. The minimum Gasteiger partial charge on any atom is -0.462 e. The van der Waals surface area contributed by atoms with Crippen molar-refractivity contribution in [2.24, 2.45) is 11.7 Å². The molecule has 1 aromatic rings. The molecule has 24 heavy (non-hydrogen) atoms. The van der Waals surface area contributed by atoms with Gasteiger partial charge in [0.1, 0.15) is 5.82 Å². The molecule has 8 heteroatoms. The fraction of sp³-hybridized carbons (Fsp3) is 0.562. The number of rotatable bonds is 8. The quantitative estimate of drug-likeness (QED) is 0.716. The Morgan fingerprint density at radius 1 is 1.33 bits per heavy atom. The van der Waals surface area contributed by atoms with Crippen molar-refractivity contribution < 1.29 is 22.3 Å². The zero-order valence-corrected chi connectivity index (χ0v) is 15.3. The number of nitrogens with zero attached hydrogens (tertiary/aromatic N) is 1. The molecule has 0 saturated heterocycles. The molecule has 0 aliphatic carbocycles. The Morgan fingerprint density at radius 3 is 2.50 bits per heavy atom. The van der Waals surface area contributed by atoms with Gasteiger partial charge in [-0.3, -0.25) is 0 Å². The molecular formula is C16H25FN2O4S. The summed E-state index contributed by atoms with van der Waals surface area (Å²) in [6.07, 6.45) is 0.480. The Bertz CT molecular complexity index is 677. The van der Waals surface area contributed by atoms with Crippen LogP contribution < -0.4 is 5.73 Å². The Kier molecular flexibility index (Phi) is 7.31. The lowest BCUT2D eigenvalue weighted by molar-refractivity contribution is 0.0525. The maximum absolute atomic E-state index is 13.7. The van der Waals surface area contributed by atoms with Gasteiger partial charge in [-0.15, -0.1) is 0 Å². The number of hydrogen-bond donors (Lipinski definition) is 1. The second-order valence-corrected chi connectivity index (χ2v) is 7.96. The van der Waals surface area contributed by atoms with Gasteiger partial charge >= 0.3 is 5.97 Å². The van der Waals surface area contributed by atoms with Crippen LogP contribution in [0.15, 0.2) is 23.1 Å². The van der Waals surface area contributed by atoms with Gasteiger partial charge in [-0.25, -0.2) is 21.9 Å². The monoisotopic (exact) mass is 360 g/mol. The zero-order chi connectivity index (χ0) is 18.5. The summed E-state index contributed by atoms with van der Waals surface area (Å²) in [6, 6.07) is 2.82. The van der Waals surface area contributed by atoms with Crippen LogP contribution in [0.1, 0.15) is 37.6 Å². The van der Waals surface area contributed by atoms with Gasteiger partial charge in [-0.05, 0) is 37.5 Å². The van der Waals surface area contributed by atoms with Crippen LogP contribution in [0.25, 0.3) is 0 Å². The van der Waals surface area contributed by atoms with Crippen LogP contribution in [0.3, 0.4) is 0 Å². The van der Waals surface area contributed by atoms with Crippen molar-refractivity contribution in [2.45, 2.75) is 38.1 Å². The molecule has 1 aromatic carbocycles. The highest BCUT2D eigenvalue weighted by Crippen LogP contribution is 2.19. The largest absolute Gasteiger partial charge is 0.462 e. The first-order chi connectivity index (χ1) is 11.1. The third kappa shape index (κ3) is 5.25. The Balaban J connectivity index is 3.03. The summed E-state index contributed by atoms with van der Waals surface area (Å²) in [7, 11) is -2.52. The second-order valence-electron chi connectivity index (χ2n) is 5.92. The zero-order valence-electron chi connectivity index (χ0n) is 14.5. The van der Waals surface area contributed by atoms with E-state index >= 15 is 0 Å². The molecular weight excluding hydrogens is 335 g/mol. The van der Waals surface area contributed by atoms with Crippen molar-refractivity contribution in [3.8, 4) is 0 Å². The van der Waals surface area contributed by atoms with E-state index < -0.39 is 21.8 Å². The molecule has 0 bridgehead atoms. The summed E-state index contributed by atoms with van der Waals surface area (Å²) >= 11 is 0. The molecule has 0 aromatic heterocycles. The minimum absolute atomic E-state index is 0.115. The summed E-state index contributed by atoms with van der Waals surface area (Å²) in [5.74, 6) is -1.35. The highest BCUT2D eigenvalue weighted by atomic mass is 32.2. The number of esters is 1. The summed E-state index contributed by atoms with van der Waals surface area (Å²) in [5, 5.41) is 0. The predicted octanol–water partition coefficient (Wildman–Crippen LogP) is 2.00. The normalized spacial score (nSPS) is 13.3. The first-order valence-corrected chi connectivity index (χ1v) is 9.23. The van der Waals surface area contributed by atoms with Gasteiger partial charge in [0, 0.05) is 19.6 Å². The van der Waals surface area contributed by atoms with E-state index in [4.69, 9.17) is 10.5 Å². The van der Waals surface area contributed by atoms with Gasteiger partial charge in [0.15, 0.2) is 0 Å². The van der Waals surface area contributed by atoms with Crippen LogP contribution in [-0.2, 0) is 14.8 Å². The lowest BCUT2D eigenvalue weighted by Crippen LogP contribution is -2.34. The van der Waals surface area contributed by atoms with Crippen molar-refractivity contribution in [1.82, 2.24) is 4.31 Å². The molecule has 1 unspecified atom stereocenters. The molecule has 0 aliphatic rings. The first-order valence-electron chi connectivity index (χ1n) is 7.79. The number of halogens is 1. The van der Waals surface area contributed by atoms with Crippen LogP contribution in [0.4, 0.5) is 4.39 Å². The van der Waals surface area contributed by atoms with Crippen LogP contribution in [-0.4, -0.2) is 44.9 Å². The van der Waals surface area contributed by atoms with E-state index in [1.807, 2.05) is 13.8 Å². The topological polar surface area (TPSA) is 89.7 Å². The Morgan fingerprint density at radius 2 is 1.96 bits per heavy atom. The van der Waals surface area contributed by atoms with Crippen molar-refractivity contribution in [3.63, 3.8) is 0 Å². The van der Waals surface area contributed by atoms with Crippen molar-refractivity contribution in [1.29, 1.82) is 0 Å². The van der Waals surface area contributed by atoms with E-state index in [0.29, 0.717) is 6.42 Å². The van der Waals surface area contributed by atoms with Crippen LogP contribution >= 0.6 is 0 Å². The van der Waals surface area contributed by atoms with Crippen LogP contribution in [0.2, 0.25) is 0 Å². The highest BCUT2D eigenvalue weighted by molar-refractivity contribution is 7.89. The molecule has 2 N–H and O–H groups in total. The van der Waals surface area contributed by atoms with Crippen LogP contribution in [0, 0.1) is 11.7 Å². The summed E-state index contributed by atoms with van der Waals surface area (Å²) in [5.41, 5.74) is 5.79. The van der Waals surface area contributed by atoms with Gasteiger partial charge in [0.2, 0.25) is 10.0 Å². The molecule has 6 nitrogen and oxygen atoms in total. The number of ether oxygens (including phenoxy) is 1. The van der Waals surface area contributed by atoms with Crippen LogP contribution in [0.5, 0.6) is 0 Å². The number of carbonyl (C=O) groups is 1. The average Bonchev–Trinajstić information content (AvgIpc) is 2.51. The standard InChI is InChI=1S/C16H25FN2O4S/c1-5-23-16(20)12-8-13(17)10-14(9-12)24(21,22)19(4)7-6-15(18)11(2)3/h8-11,15H,5-7,18H2,1-4H3.